The molecule has 124 valence electrons. The Morgan fingerprint density at radius 3 is 2.87 bits per heavy atom. The van der Waals surface area contributed by atoms with Crippen LogP contribution in [0.5, 0.6) is 0 Å². The van der Waals surface area contributed by atoms with E-state index < -0.39 is 5.97 Å². The van der Waals surface area contributed by atoms with Crippen LogP contribution in [0.4, 0.5) is 5.82 Å². The number of carboxylic acids is 1. The molecule has 1 aliphatic heterocycles. The molecule has 0 amide bonds. The predicted octanol–water partition coefficient (Wildman–Crippen LogP) is 1.03. The van der Waals surface area contributed by atoms with Gasteiger partial charge in [-0.1, -0.05) is 0 Å². The molecule has 0 spiro atoms. The molecule has 3 heterocycles. The maximum atomic E-state index is 10.9. The molecule has 0 saturated carbocycles. The summed E-state index contributed by atoms with van der Waals surface area (Å²) in [5.41, 5.74) is 0.745. The molecule has 23 heavy (non-hydrogen) atoms. The van der Waals surface area contributed by atoms with Crippen molar-refractivity contribution in [3.63, 3.8) is 0 Å². The predicted molar refractivity (Wildman–Crippen MR) is 85.4 cm³/mol. The summed E-state index contributed by atoms with van der Waals surface area (Å²) in [6.45, 7) is 5.39. The number of likely N-dealkylation sites (tertiary alicyclic amines) is 1. The molecular weight excluding hydrogens is 296 g/mol. The van der Waals surface area contributed by atoms with Gasteiger partial charge in [0.05, 0.1) is 5.92 Å². The van der Waals surface area contributed by atoms with Gasteiger partial charge < -0.3 is 15.3 Å². The number of nitrogens with zero attached hydrogens (tertiary/aromatic N) is 5. The molecule has 0 radical (unpaired) electrons. The Balaban J connectivity index is 1.40. The first-order valence-electron chi connectivity index (χ1n) is 8.01. The molecular formula is C15H22N6O2. The lowest BCUT2D eigenvalue weighted by Gasteiger charge is -2.29. The third kappa shape index (κ3) is 3.95. The van der Waals surface area contributed by atoms with Gasteiger partial charge in [0.2, 0.25) is 0 Å². The summed E-state index contributed by atoms with van der Waals surface area (Å²) in [7, 11) is 0. The van der Waals surface area contributed by atoms with Crippen LogP contribution >= 0.6 is 0 Å². The van der Waals surface area contributed by atoms with E-state index in [0.29, 0.717) is 5.82 Å². The quantitative estimate of drug-likeness (QED) is 0.768. The summed E-state index contributed by atoms with van der Waals surface area (Å²) < 4.78 is 1.54. The lowest BCUT2D eigenvalue weighted by molar-refractivity contribution is -0.143. The lowest BCUT2D eigenvalue weighted by atomic mass is 9.97. The molecule has 2 N–H and O–H groups in total. The number of carbonyl (C=O) groups is 1. The molecule has 2 aromatic heterocycles. The maximum absolute atomic E-state index is 10.9. The summed E-state index contributed by atoms with van der Waals surface area (Å²) in [6, 6.07) is 3.80. The number of hydrogen-bond donors (Lipinski definition) is 2. The van der Waals surface area contributed by atoms with E-state index in [2.05, 4.69) is 25.4 Å². The smallest absolute Gasteiger partial charge is 0.306 e. The van der Waals surface area contributed by atoms with Crippen LogP contribution in [-0.4, -0.2) is 62.0 Å². The Morgan fingerprint density at radius 2 is 2.13 bits per heavy atom. The van der Waals surface area contributed by atoms with Crippen molar-refractivity contribution < 1.29 is 9.90 Å². The van der Waals surface area contributed by atoms with Crippen LogP contribution in [0.2, 0.25) is 0 Å². The average Bonchev–Trinajstić information content (AvgIpc) is 2.91. The molecule has 0 atom stereocenters. The van der Waals surface area contributed by atoms with E-state index in [9.17, 15) is 4.79 Å². The van der Waals surface area contributed by atoms with Gasteiger partial charge in [-0.25, -0.2) is 4.98 Å². The maximum Gasteiger partial charge on any atom is 0.306 e. The summed E-state index contributed by atoms with van der Waals surface area (Å²) in [6.07, 6.45) is 2.51. The molecule has 0 aliphatic carbocycles. The van der Waals surface area contributed by atoms with Crippen molar-refractivity contribution in [3.8, 4) is 0 Å². The number of fused-ring (bicyclic) bond motifs is 1. The molecule has 1 fully saturated rings. The van der Waals surface area contributed by atoms with Gasteiger partial charge in [-0.05, 0) is 58.0 Å². The van der Waals surface area contributed by atoms with Crippen LogP contribution in [0.25, 0.3) is 5.65 Å². The number of hydrogen-bond acceptors (Lipinski definition) is 6. The Bertz CT molecular complexity index is 678. The molecule has 0 bridgehead atoms. The number of aliphatic carboxylic acids is 1. The zero-order chi connectivity index (χ0) is 16.2. The average molecular weight is 318 g/mol. The number of piperidine rings is 1. The van der Waals surface area contributed by atoms with Crippen LogP contribution in [0.15, 0.2) is 12.1 Å². The minimum absolute atomic E-state index is 0.161. The van der Waals surface area contributed by atoms with Crippen molar-refractivity contribution in [2.24, 2.45) is 5.92 Å². The van der Waals surface area contributed by atoms with Crippen LogP contribution < -0.4 is 5.32 Å². The van der Waals surface area contributed by atoms with E-state index in [1.807, 2.05) is 19.1 Å². The van der Waals surface area contributed by atoms with Gasteiger partial charge in [-0.2, -0.15) is 0 Å². The second kappa shape index (κ2) is 6.91. The molecule has 8 heteroatoms. The van der Waals surface area contributed by atoms with Crippen molar-refractivity contribution >= 4 is 17.4 Å². The van der Waals surface area contributed by atoms with Crippen LogP contribution in [-0.2, 0) is 4.79 Å². The zero-order valence-corrected chi connectivity index (χ0v) is 13.3. The van der Waals surface area contributed by atoms with E-state index in [1.165, 1.54) is 4.63 Å². The van der Waals surface area contributed by atoms with Gasteiger partial charge in [-0.15, -0.1) is 14.8 Å². The second-order valence-electron chi connectivity index (χ2n) is 5.96. The third-order valence-electron chi connectivity index (χ3n) is 4.21. The Labute approximate surface area is 134 Å². The number of carboxylic acid groups (broad SMARTS) is 1. The summed E-state index contributed by atoms with van der Waals surface area (Å²) in [4.78, 5) is 17.5. The first-order valence-corrected chi connectivity index (χ1v) is 8.01. The Hall–Kier alpha value is -2.22. The molecule has 8 nitrogen and oxygen atoms in total. The van der Waals surface area contributed by atoms with E-state index >= 15 is 0 Å². The van der Waals surface area contributed by atoms with Crippen LogP contribution in [0.1, 0.15) is 25.1 Å². The van der Waals surface area contributed by atoms with Crippen molar-refractivity contribution in [3.05, 3.63) is 18.0 Å². The first kappa shape index (κ1) is 15.7. The largest absolute Gasteiger partial charge is 0.481 e. The minimum atomic E-state index is -0.656. The number of rotatable bonds is 6. The SMILES string of the molecule is Cc1nc2ccc(NCCCN3CCC(C(=O)O)CC3)nn2n1. The Kier molecular flexibility index (Phi) is 4.71. The molecule has 0 unspecified atom stereocenters. The molecule has 3 rings (SSSR count). The number of aryl methyl sites for hydroxylation is 1. The van der Waals surface area contributed by atoms with Gasteiger partial charge in [0, 0.05) is 6.54 Å². The van der Waals surface area contributed by atoms with Crippen molar-refractivity contribution in [1.82, 2.24) is 24.7 Å². The number of anilines is 1. The fourth-order valence-corrected chi connectivity index (χ4v) is 2.90. The van der Waals surface area contributed by atoms with Gasteiger partial charge >= 0.3 is 5.97 Å². The minimum Gasteiger partial charge on any atom is -0.481 e. The standard InChI is InChI=1S/C15H22N6O2/c1-11-17-14-4-3-13(19-21(14)18-11)16-7-2-8-20-9-5-12(6-10-20)15(22)23/h3-4,12H,2,5-10H2,1H3,(H,16,19)(H,22,23). The van der Waals surface area contributed by atoms with Crippen molar-refractivity contribution in [2.75, 3.05) is 31.5 Å². The van der Waals surface area contributed by atoms with Gasteiger partial charge in [0.25, 0.3) is 0 Å². The summed E-state index contributed by atoms with van der Waals surface area (Å²) in [5.74, 6) is 0.675. The molecule has 2 aromatic rings. The van der Waals surface area contributed by atoms with Gasteiger partial charge in [0.1, 0.15) is 11.6 Å². The third-order valence-corrected chi connectivity index (χ3v) is 4.21. The zero-order valence-electron chi connectivity index (χ0n) is 13.3. The topological polar surface area (TPSA) is 95.7 Å². The molecule has 0 aromatic carbocycles. The van der Waals surface area contributed by atoms with Crippen LogP contribution in [0, 0.1) is 12.8 Å². The number of nitrogens with one attached hydrogen (secondary N) is 1. The molecule has 1 aliphatic rings. The lowest BCUT2D eigenvalue weighted by Crippen LogP contribution is -2.37. The fraction of sp³-hybridized carbons (Fsp3) is 0.600. The van der Waals surface area contributed by atoms with E-state index in [4.69, 9.17) is 5.11 Å². The highest BCUT2D eigenvalue weighted by molar-refractivity contribution is 5.70. The van der Waals surface area contributed by atoms with Crippen molar-refractivity contribution in [2.45, 2.75) is 26.2 Å². The van der Waals surface area contributed by atoms with Gasteiger partial charge in [-0.3, -0.25) is 4.79 Å². The summed E-state index contributed by atoms with van der Waals surface area (Å²) >= 11 is 0. The normalized spacial score (nSPS) is 16.7. The highest BCUT2D eigenvalue weighted by Crippen LogP contribution is 2.17. The Morgan fingerprint density at radius 1 is 1.35 bits per heavy atom. The first-order chi connectivity index (χ1) is 11.1. The number of aromatic nitrogens is 4. The summed E-state index contributed by atoms with van der Waals surface area (Å²) in [5, 5.41) is 20.8. The van der Waals surface area contributed by atoms with E-state index in [0.717, 1.165) is 56.9 Å². The second-order valence-corrected chi connectivity index (χ2v) is 5.96. The highest BCUT2D eigenvalue weighted by atomic mass is 16.4. The van der Waals surface area contributed by atoms with Gasteiger partial charge in [0.15, 0.2) is 5.65 Å². The monoisotopic (exact) mass is 318 g/mol. The van der Waals surface area contributed by atoms with E-state index in [1.54, 1.807) is 0 Å². The molecule has 1 saturated heterocycles. The van der Waals surface area contributed by atoms with Crippen molar-refractivity contribution in [1.29, 1.82) is 0 Å². The van der Waals surface area contributed by atoms with E-state index in [-0.39, 0.29) is 5.92 Å². The highest BCUT2D eigenvalue weighted by Gasteiger charge is 2.23. The van der Waals surface area contributed by atoms with Crippen LogP contribution in [0.3, 0.4) is 0 Å². The fourth-order valence-electron chi connectivity index (χ4n) is 2.90.